The number of carbonyl (C=O) groups excluding carboxylic acids is 1. The summed E-state index contributed by atoms with van der Waals surface area (Å²) in [7, 11) is 2.01. The molecule has 3 aromatic carbocycles. The summed E-state index contributed by atoms with van der Waals surface area (Å²) in [5.74, 6) is -0.587. The lowest BCUT2D eigenvalue weighted by Crippen LogP contribution is -2.39. The minimum atomic E-state index is -0.643. The number of aryl methyl sites for hydroxylation is 1. The lowest BCUT2D eigenvalue weighted by Gasteiger charge is -2.39. The molecule has 2 heterocycles. The molecule has 0 fully saturated rings. The van der Waals surface area contributed by atoms with E-state index in [1.807, 2.05) is 37.4 Å². The zero-order valence-corrected chi connectivity index (χ0v) is 20.1. The monoisotopic (exact) mass is 489 g/mol. The number of rotatable bonds is 3. The van der Waals surface area contributed by atoms with Gasteiger partial charge in [-0.3, -0.25) is 19.8 Å². The zero-order chi connectivity index (χ0) is 25.8. The first-order valence-electron chi connectivity index (χ1n) is 12.1. The van der Waals surface area contributed by atoms with Crippen LogP contribution in [-0.2, 0) is 11.8 Å². The number of hydrogen-bond acceptors (Lipinski definition) is 6. The number of hydrogen-bond donors (Lipinski definition) is 1. The van der Waals surface area contributed by atoms with Gasteiger partial charge in [0.05, 0.1) is 22.5 Å². The number of para-hydroxylation sites is 3. The molecule has 1 aliphatic carbocycles. The number of nitriles is 1. The number of allylic oxidation sites excluding steroid dienone is 3. The number of nitrogens with zero attached hydrogens (tertiary/aromatic N) is 4. The second-order valence-corrected chi connectivity index (χ2v) is 9.41. The van der Waals surface area contributed by atoms with E-state index in [9.17, 15) is 20.2 Å². The number of aromatic nitrogens is 1. The Morgan fingerprint density at radius 1 is 1.03 bits per heavy atom. The maximum Gasteiger partial charge on any atom is 0.293 e. The number of anilines is 1. The Labute approximate surface area is 212 Å². The second kappa shape index (κ2) is 8.35. The SMILES string of the molecule is Cn1c2ccccc2c2cc([C@@H]3C(C#N)=C(N)N(c4ccccc4[N+](=O)[O-])C4=C3C(=O)CCC4)ccc21. The molecule has 0 unspecified atom stereocenters. The molecule has 1 aliphatic heterocycles. The summed E-state index contributed by atoms with van der Waals surface area (Å²) < 4.78 is 2.12. The average molecular weight is 490 g/mol. The Bertz CT molecular complexity index is 1750. The molecule has 2 N–H and O–H groups in total. The van der Waals surface area contributed by atoms with Crippen molar-refractivity contribution in [3.63, 3.8) is 0 Å². The van der Waals surface area contributed by atoms with Crippen molar-refractivity contribution in [3.8, 4) is 6.07 Å². The lowest BCUT2D eigenvalue weighted by atomic mass is 9.75. The fraction of sp³-hybridized carbons (Fsp3) is 0.172. The van der Waals surface area contributed by atoms with Gasteiger partial charge in [0.2, 0.25) is 0 Å². The van der Waals surface area contributed by atoms with Gasteiger partial charge in [-0.25, -0.2) is 0 Å². The molecule has 182 valence electrons. The maximum absolute atomic E-state index is 13.5. The van der Waals surface area contributed by atoms with Gasteiger partial charge in [-0.15, -0.1) is 0 Å². The Hall–Kier alpha value is -4.90. The predicted molar refractivity (Wildman–Crippen MR) is 141 cm³/mol. The van der Waals surface area contributed by atoms with Gasteiger partial charge in [0.1, 0.15) is 11.5 Å². The number of fused-ring (bicyclic) bond motifs is 3. The molecule has 0 spiro atoms. The summed E-state index contributed by atoms with van der Waals surface area (Å²) in [4.78, 5) is 26.4. The number of ketones is 1. The van der Waals surface area contributed by atoms with Gasteiger partial charge in [-0.05, 0) is 42.7 Å². The van der Waals surface area contributed by atoms with Gasteiger partial charge >= 0.3 is 0 Å². The molecular formula is C29H23N5O3. The summed E-state index contributed by atoms with van der Waals surface area (Å²) in [6.07, 6.45) is 1.49. The van der Waals surface area contributed by atoms with E-state index in [-0.39, 0.29) is 28.6 Å². The molecule has 1 aromatic heterocycles. The number of benzene rings is 3. The normalized spacial score (nSPS) is 17.9. The van der Waals surface area contributed by atoms with Crippen LogP contribution in [0.15, 0.2) is 89.4 Å². The molecule has 0 amide bonds. The van der Waals surface area contributed by atoms with Crippen LogP contribution in [0.2, 0.25) is 0 Å². The Balaban J connectivity index is 1.62. The number of carbonyl (C=O) groups is 1. The van der Waals surface area contributed by atoms with Crippen LogP contribution in [0.25, 0.3) is 21.8 Å². The van der Waals surface area contributed by atoms with Crippen LogP contribution in [0.5, 0.6) is 0 Å². The highest BCUT2D eigenvalue weighted by atomic mass is 16.6. The molecule has 8 nitrogen and oxygen atoms in total. The number of nitro benzene ring substituents is 1. The van der Waals surface area contributed by atoms with E-state index in [2.05, 4.69) is 22.8 Å². The molecule has 37 heavy (non-hydrogen) atoms. The first-order chi connectivity index (χ1) is 17.9. The highest BCUT2D eigenvalue weighted by molar-refractivity contribution is 6.08. The number of nitro groups is 1. The van der Waals surface area contributed by atoms with E-state index < -0.39 is 10.8 Å². The molecular weight excluding hydrogens is 466 g/mol. The van der Waals surface area contributed by atoms with Crippen LogP contribution >= 0.6 is 0 Å². The molecule has 0 radical (unpaired) electrons. The molecule has 8 heteroatoms. The van der Waals surface area contributed by atoms with Gasteiger partial charge in [0.15, 0.2) is 5.78 Å². The minimum absolute atomic E-state index is 0.0619. The third-order valence-electron chi connectivity index (χ3n) is 7.50. The van der Waals surface area contributed by atoms with Crippen LogP contribution in [0.3, 0.4) is 0 Å². The summed E-state index contributed by atoms with van der Waals surface area (Å²) in [5, 5.41) is 24.3. The van der Waals surface area contributed by atoms with E-state index in [1.165, 1.54) is 6.07 Å². The Morgan fingerprint density at radius 3 is 2.54 bits per heavy atom. The first-order valence-corrected chi connectivity index (χ1v) is 12.1. The van der Waals surface area contributed by atoms with E-state index in [4.69, 9.17) is 5.73 Å². The van der Waals surface area contributed by atoms with E-state index in [0.29, 0.717) is 30.5 Å². The highest BCUT2D eigenvalue weighted by Crippen LogP contribution is 2.48. The summed E-state index contributed by atoms with van der Waals surface area (Å²) in [6.45, 7) is 0. The molecule has 1 atom stereocenters. The van der Waals surface area contributed by atoms with E-state index in [0.717, 1.165) is 27.4 Å². The Kier molecular flexibility index (Phi) is 5.09. The standard InChI is InChI=1S/C29H23N5O3/c1-32-21-8-3-2-7-18(21)19-15-17(13-14-22(19)32)27-20(16-30)29(31)33(25-11-6-12-26(35)28(25)27)23-9-4-5-10-24(23)34(36)37/h2-5,7-10,13-15,27H,6,11-12,31H2,1H3/t27-/m1/s1. The molecule has 6 rings (SSSR count). The smallest absolute Gasteiger partial charge is 0.293 e. The average Bonchev–Trinajstić information content (AvgIpc) is 3.19. The molecule has 2 aliphatic rings. The predicted octanol–water partition coefficient (Wildman–Crippen LogP) is 5.54. The molecule has 4 aromatic rings. The van der Waals surface area contributed by atoms with E-state index in [1.54, 1.807) is 23.1 Å². The van der Waals surface area contributed by atoms with Gasteiger partial charge in [-0.2, -0.15) is 5.26 Å². The van der Waals surface area contributed by atoms with Crippen molar-refractivity contribution in [1.82, 2.24) is 4.57 Å². The summed E-state index contributed by atoms with van der Waals surface area (Å²) in [5.41, 5.74) is 11.0. The minimum Gasteiger partial charge on any atom is -0.384 e. The fourth-order valence-corrected chi connectivity index (χ4v) is 5.87. The molecule has 0 bridgehead atoms. The highest BCUT2D eigenvalue weighted by Gasteiger charge is 2.41. The van der Waals surface area contributed by atoms with Crippen molar-refractivity contribution in [2.75, 3.05) is 4.90 Å². The molecule has 0 saturated carbocycles. The number of nitrogens with two attached hydrogens (primary N) is 1. The van der Waals surface area contributed by atoms with Gasteiger partial charge < -0.3 is 10.3 Å². The third kappa shape index (κ3) is 3.24. The van der Waals surface area contributed by atoms with Crippen molar-refractivity contribution in [2.24, 2.45) is 12.8 Å². The van der Waals surface area contributed by atoms with Gasteiger partial charge in [-0.1, -0.05) is 36.4 Å². The van der Waals surface area contributed by atoms with Crippen molar-refractivity contribution in [1.29, 1.82) is 5.26 Å². The van der Waals surface area contributed by atoms with Crippen LogP contribution in [-0.4, -0.2) is 15.3 Å². The Morgan fingerprint density at radius 2 is 1.76 bits per heavy atom. The topological polar surface area (TPSA) is 118 Å². The van der Waals surface area contributed by atoms with E-state index >= 15 is 0 Å². The largest absolute Gasteiger partial charge is 0.384 e. The summed E-state index contributed by atoms with van der Waals surface area (Å²) >= 11 is 0. The lowest BCUT2D eigenvalue weighted by molar-refractivity contribution is -0.384. The van der Waals surface area contributed by atoms with Crippen LogP contribution in [0.4, 0.5) is 11.4 Å². The van der Waals surface area contributed by atoms with Crippen molar-refractivity contribution in [3.05, 3.63) is 105 Å². The molecule has 0 saturated heterocycles. The first kappa shape index (κ1) is 22.6. The maximum atomic E-state index is 13.5. The van der Waals surface area contributed by atoms with Crippen LogP contribution < -0.4 is 10.6 Å². The quantitative estimate of drug-likeness (QED) is 0.298. The third-order valence-corrected chi connectivity index (χ3v) is 7.50. The van der Waals surface area contributed by atoms with Crippen LogP contribution in [0, 0.1) is 21.4 Å². The zero-order valence-electron chi connectivity index (χ0n) is 20.1. The van der Waals surface area contributed by atoms with Gasteiger partial charge in [0.25, 0.3) is 5.69 Å². The van der Waals surface area contributed by atoms with Crippen molar-refractivity contribution >= 4 is 39.0 Å². The number of Topliss-reactive ketones (excluding diaryl/α,β-unsaturated/α-hetero) is 1. The van der Waals surface area contributed by atoms with Crippen molar-refractivity contribution in [2.45, 2.75) is 25.2 Å². The van der Waals surface area contributed by atoms with Crippen molar-refractivity contribution < 1.29 is 9.72 Å². The van der Waals surface area contributed by atoms with Crippen LogP contribution in [0.1, 0.15) is 30.7 Å². The second-order valence-electron chi connectivity index (χ2n) is 9.41. The van der Waals surface area contributed by atoms with Gasteiger partial charge in [0, 0.05) is 52.6 Å². The fourth-order valence-electron chi connectivity index (χ4n) is 5.87. The summed E-state index contributed by atoms with van der Waals surface area (Å²) in [6, 6.07) is 22.6.